The van der Waals surface area contributed by atoms with E-state index in [0.29, 0.717) is 10.8 Å². The molecule has 0 aromatic carbocycles. The van der Waals surface area contributed by atoms with Gasteiger partial charge in [0.15, 0.2) is 11.0 Å². The van der Waals surface area contributed by atoms with Crippen molar-refractivity contribution in [2.24, 2.45) is 0 Å². The van der Waals surface area contributed by atoms with Crippen LogP contribution in [0.15, 0.2) is 0 Å². The summed E-state index contributed by atoms with van der Waals surface area (Å²) in [6.07, 6.45) is 2.14. The van der Waals surface area contributed by atoms with Crippen molar-refractivity contribution >= 4 is 35.0 Å². The van der Waals surface area contributed by atoms with E-state index in [9.17, 15) is 0 Å². The van der Waals surface area contributed by atoms with Gasteiger partial charge in [-0.15, -0.1) is 0 Å². The van der Waals surface area contributed by atoms with Crippen LogP contribution in [0.2, 0.25) is 10.2 Å². The van der Waals surface area contributed by atoms with E-state index in [1.165, 1.54) is 0 Å². The molecule has 0 atom stereocenters. The Kier molecular flexibility index (Phi) is 4.22. The molecule has 14 heavy (non-hydrogen) atoms. The molecule has 1 heterocycles. The highest BCUT2D eigenvalue weighted by Crippen LogP contribution is 2.27. The molecule has 4 nitrogen and oxygen atoms in total. The van der Waals surface area contributed by atoms with E-state index in [0.717, 1.165) is 19.4 Å². The molecule has 3 N–H and O–H groups in total. The number of rotatable bonds is 4. The van der Waals surface area contributed by atoms with Gasteiger partial charge in [0.1, 0.15) is 5.02 Å². The van der Waals surface area contributed by atoms with Crippen LogP contribution in [0.1, 0.15) is 19.8 Å². The lowest BCUT2D eigenvalue weighted by molar-refractivity contribution is 0.830. The lowest BCUT2D eigenvalue weighted by Crippen LogP contribution is -2.06. The minimum Gasteiger partial charge on any atom is -0.369 e. The Balaban J connectivity index is 2.75. The highest BCUT2D eigenvalue weighted by atomic mass is 35.5. The zero-order chi connectivity index (χ0) is 10.6. The van der Waals surface area contributed by atoms with Crippen LogP contribution in [0.25, 0.3) is 0 Å². The average molecular weight is 235 g/mol. The quantitative estimate of drug-likeness (QED) is 0.621. The smallest absolute Gasteiger partial charge is 0.223 e. The summed E-state index contributed by atoms with van der Waals surface area (Å²) in [5.41, 5.74) is 5.43. The van der Waals surface area contributed by atoms with Crippen molar-refractivity contribution in [1.82, 2.24) is 9.97 Å². The Morgan fingerprint density at radius 3 is 2.71 bits per heavy atom. The highest BCUT2D eigenvalue weighted by molar-refractivity contribution is 6.42. The summed E-state index contributed by atoms with van der Waals surface area (Å²) in [6, 6.07) is 0. The van der Waals surface area contributed by atoms with Crippen molar-refractivity contribution in [3.8, 4) is 0 Å². The van der Waals surface area contributed by atoms with E-state index in [1.54, 1.807) is 0 Å². The number of nitrogens with one attached hydrogen (secondary N) is 1. The van der Waals surface area contributed by atoms with E-state index in [1.807, 2.05) is 0 Å². The highest BCUT2D eigenvalue weighted by Gasteiger charge is 2.08. The summed E-state index contributed by atoms with van der Waals surface area (Å²) in [5, 5.41) is 3.54. The second-order valence-corrected chi connectivity index (χ2v) is 3.55. The number of hydrogen-bond donors (Lipinski definition) is 2. The van der Waals surface area contributed by atoms with Crippen molar-refractivity contribution in [1.29, 1.82) is 0 Å². The first kappa shape index (κ1) is 11.3. The molecule has 6 heteroatoms. The van der Waals surface area contributed by atoms with Gasteiger partial charge >= 0.3 is 0 Å². The Hall–Kier alpha value is -0.740. The van der Waals surface area contributed by atoms with Crippen LogP contribution in [-0.4, -0.2) is 16.5 Å². The predicted molar refractivity (Wildman–Crippen MR) is 59.9 cm³/mol. The van der Waals surface area contributed by atoms with Crippen LogP contribution in [0, 0.1) is 0 Å². The van der Waals surface area contributed by atoms with Crippen LogP contribution in [0.3, 0.4) is 0 Å². The van der Waals surface area contributed by atoms with Gasteiger partial charge in [0.05, 0.1) is 0 Å². The number of halogens is 2. The number of anilines is 2. The summed E-state index contributed by atoms with van der Waals surface area (Å²) in [4.78, 5) is 7.67. The van der Waals surface area contributed by atoms with E-state index in [4.69, 9.17) is 28.9 Å². The van der Waals surface area contributed by atoms with E-state index in [-0.39, 0.29) is 11.1 Å². The fourth-order valence-corrected chi connectivity index (χ4v) is 1.26. The van der Waals surface area contributed by atoms with Crippen LogP contribution >= 0.6 is 23.2 Å². The van der Waals surface area contributed by atoms with Gasteiger partial charge in [0, 0.05) is 6.54 Å². The minimum absolute atomic E-state index is 0.124. The zero-order valence-corrected chi connectivity index (χ0v) is 9.36. The Morgan fingerprint density at radius 1 is 1.36 bits per heavy atom. The van der Waals surface area contributed by atoms with Crippen molar-refractivity contribution < 1.29 is 0 Å². The summed E-state index contributed by atoms with van der Waals surface area (Å²) in [6.45, 7) is 2.90. The molecule has 1 aromatic heterocycles. The van der Waals surface area contributed by atoms with Gasteiger partial charge in [-0.25, -0.2) is 0 Å². The molecule has 78 valence electrons. The van der Waals surface area contributed by atoms with Gasteiger partial charge in [0.25, 0.3) is 0 Å². The fourth-order valence-electron chi connectivity index (χ4n) is 0.937. The van der Waals surface area contributed by atoms with Crippen molar-refractivity contribution in [2.45, 2.75) is 19.8 Å². The molecule has 1 aromatic rings. The van der Waals surface area contributed by atoms with Gasteiger partial charge < -0.3 is 11.1 Å². The second-order valence-electron chi connectivity index (χ2n) is 2.82. The molecular formula is C8H12Cl2N4. The Labute approximate surface area is 92.8 Å². The summed E-state index contributed by atoms with van der Waals surface area (Å²) < 4.78 is 0. The third-order valence-corrected chi connectivity index (χ3v) is 2.38. The molecule has 0 fully saturated rings. The normalized spacial score (nSPS) is 10.2. The van der Waals surface area contributed by atoms with Crippen molar-refractivity contribution in [3.63, 3.8) is 0 Å². The number of aromatic nitrogens is 2. The molecule has 0 amide bonds. The molecule has 0 spiro atoms. The molecule has 0 radical (unpaired) electrons. The number of nitrogens with two attached hydrogens (primary N) is 1. The van der Waals surface area contributed by atoms with Gasteiger partial charge in [0.2, 0.25) is 5.95 Å². The zero-order valence-electron chi connectivity index (χ0n) is 7.85. The molecule has 0 bridgehead atoms. The van der Waals surface area contributed by atoms with E-state index in [2.05, 4.69) is 22.2 Å². The predicted octanol–water partition coefficient (Wildman–Crippen LogP) is 2.58. The molecule has 1 rings (SSSR count). The third kappa shape index (κ3) is 2.89. The van der Waals surface area contributed by atoms with Gasteiger partial charge in [-0.05, 0) is 6.42 Å². The first-order chi connectivity index (χ1) is 6.65. The van der Waals surface area contributed by atoms with Crippen LogP contribution in [0.4, 0.5) is 11.8 Å². The van der Waals surface area contributed by atoms with Gasteiger partial charge in [-0.2, -0.15) is 9.97 Å². The Morgan fingerprint density at radius 2 is 2.07 bits per heavy atom. The summed E-state index contributed by atoms with van der Waals surface area (Å²) >= 11 is 11.6. The number of unbranched alkanes of at least 4 members (excludes halogenated alkanes) is 1. The molecule has 0 saturated carbocycles. The topological polar surface area (TPSA) is 63.8 Å². The van der Waals surface area contributed by atoms with E-state index < -0.39 is 0 Å². The monoisotopic (exact) mass is 234 g/mol. The molecule has 0 aliphatic rings. The summed E-state index contributed by atoms with van der Waals surface area (Å²) in [5.74, 6) is 0.621. The maximum absolute atomic E-state index is 5.87. The molecule has 0 saturated heterocycles. The average Bonchev–Trinajstić information content (AvgIpc) is 2.13. The lowest BCUT2D eigenvalue weighted by atomic mass is 10.3. The standard InChI is InChI=1S/C8H12Cl2N4/c1-2-3-4-12-7-5(9)6(10)13-8(11)14-7/h2-4H2,1H3,(H3,11,12,13,14). The SMILES string of the molecule is CCCCNc1nc(N)nc(Cl)c1Cl. The minimum atomic E-state index is 0.124. The molecule has 0 aliphatic carbocycles. The largest absolute Gasteiger partial charge is 0.369 e. The number of hydrogen-bond acceptors (Lipinski definition) is 4. The van der Waals surface area contributed by atoms with Crippen LogP contribution < -0.4 is 11.1 Å². The molecule has 0 unspecified atom stereocenters. The fraction of sp³-hybridized carbons (Fsp3) is 0.500. The van der Waals surface area contributed by atoms with Gasteiger partial charge in [-0.3, -0.25) is 0 Å². The number of nitrogens with zero attached hydrogens (tertiary/aromatic N) is 2. The maximum atomic E-state index is 5.87. The first-order valence-corrected chi connectivity index (χ1v) is 5.13. The van der Waals surface area contributed by atoms with E-state index >= 15 is 0 Å². The summed E-state index contributed by atoms with van der Waals surface area (Å²) in [7, 11) is 0. The van der Waals surface area contributed by atoms with Crippen molar-refractivity contribution in [2.75, 3.05) is 17.6 Å². The third-order valence-electron chi connectivity index (χ3n) is 1.65. The van der Waals surface area contributed by atoms with Gasteiger partial charge in [-0.1, -0.05) is 36.5 Å². The van der Waals surface area contributed by atoms with Crippen molar-refractivity contribution in [3.05, 3.63) is 10.2 Å². The van der Waals surface area contributed by atoms with Crippen LogP contribution in [-0.2, 0) is 0 Å². The molecular weight excluding hydrogens is 223 g/mol. The second kappa shape index (κ2) is 5.22. The van der Waals surface area contributed by atoms with Crippen LogP contribution in [0.5, 0.6) is 0 Å². The maximum Gasteiger partial charge on any atom is 0.223 e. The number of nitrogen functional groups attached to an aromatic ring is 1. The first-order valence-electron chi connectivity index (χ1n) is 4.37. The lowest BCUT2D eigenvalue weighted by Gasteiger charge is -2.07. The molecule has 0 aliphatic heterocycles. The Bertz CT molecular complexity index is 316.